The van der Waals surface area contributed by atoms with E-state index in [0.29, 0.717) is 0 Å². The van der Waals surface area contributed by atoms with Crippen LogP contribution in [0.15, 0.2) is 41.7 Å². The minimum atomic E-state index is 0.835. The van der Waals surface area contributed by atoms with Crippen molar-refractivity contribution >= 4 is 0 Å². The lowest BCUT2D eigenvalue weighted by atomic mass is 10.2. The van der Waals surface area contributed by atoms with Gasteiger partial charge in [0.15, 0.2) is 0 Å². The normalized spacial score (nSPS) is 12.2. The lowest BCUT2D eigenvalue weighted by molar-refractivity contribution is 0.796. The molecular weight excluding hydrogens is 160 g/mol. The highest BCUT2D eigenvalue weighted by Crippen LogP contribution is 1.99. The zero-order valence-electron chi connectivity index (χ0n) is 8.17. The van der Waals surface area contributed by atoms with E-state index < -0.39 is 0 Å². The Morgan fingerprint density at radius 3 is 2.38 bits per heavy atom. The largest absolute Gasteiger partial charge is 0.401 e. The number of hydrogen-bond acceptors (Lipinski definition) is 2. The molecule has 0 aromatic heterocycles. The van der Waals surface area contributed by atoms with Crippen molar-refractivity contribution in [2.45, 2.75) is 20.4 Å². The molecule has 2 heteroatoms. The van der Waals surface area contributed by atoms with Crippen LogP contribution in [0.4, 0.5) is 0 Å². The second-order valence-electron chi connectivity index (χ2n) is 3.15. The summed E-state index contributed by atoms with van der Waals surface area (Å²) < 4.78 is 0. The Morgan fingerprint density at radius 2 is 1.85 bits per heavy atom. The van der Waals surface area contributed by atoms with Crippen LogP contribution < -0.4 is 11.1 Å². The van der Waals surface area contributed by atoms with Gasteiger partial charge in [-0.05, 0) is 19.4 Å². The van der Waals surface area contributed by atoms with Gasteiger partial charge in [0.25, 0.3) is 0 Å². The minimum Gasteiger partial charge on any atom is -0.401 e. The second-order valence-corrected chi connectivity index (χ2v) is 3.15. The van der Waals surface area contributed by atoms with Crippen molar-refractivity contribution < 1.29 is 0 Å². The van der Waals surface area contributed by atoms with Crippen molar-refractivity contribution in [2.24, 2.45) is 5.73 Å². The van der Waals surface area contributed by atoms with Gasteiger partial charge in [-0.1, -0.05) is 30.3 Å². The summed E-state index contributed by atoms with van der Waals surface area (Å²) in [6.07, 6.45) is 0. The van der Waals surface area contributed by atoms with Crippen LogP contribution in [0.5, 0.6) is 0 Å². The summed E-state index contributed by atoms with van der Waals surface area (Å²) in [5.41, 5.74) is 8.77. The summed E-state index contributed by atoms with van der Waals surface area (Å²) in [5, 5.41) is 3.25. The molecular formula is C11H16N2. The van der Waals surface area contributed by atoms with Crippen LogP contribution >= 0.6 is 0 Å². The highest BCUT2D eigenvalue weighted by Gasteiger charge is 1.92. The highest BCUT2D eigenvalue weighted by atomic mass is 14.9. The summed E-state index contributed by atoms with van der Waals surface area (Å²) in [4.78, 5) is 0. The van der Waals surface area contributed by atoms with Gasteiger partial charge in [-0.15, -0.1) is 0 Å². The molecule has 2 nitrogen and oxygen atoms in total. The van der Waals surface area contributed by atoms with Gasteiger partial charge in [0.2, 0.25) is 0 Å². The zero-order chi connectivity index (χ0) is 9.68. The van der Waals surface area contributed by atoms with Gasteiger partial charge >= 0.3 is 0 Å². The molecule has 0 unspecified atom stereocenters. The standard InChI is InChI=1S/C11H16N2/c1-9(12)10(2)13-8-11-6-4-3-5-7-11/h3-7,13H,8,12H2,1-2H3/b10-9-. The topological polar surface area (TPSA) is 38.0 Å². The summed E-state index contributed by atoms with van der Waals surface area (Å²) >= 11 is 0. The Kier molecular flexibility index (Phi) is 3.38. The SMILES string of the molecule is C/C(N)=C(\C)NCc1ccccc1. The molecule has 0 heterocycles. The van der Waals surface area contributed by atoms with E-state index in [2.05, 4.69) is 17.4 Å². The molecule has 0 spiro atoms. The van der Waals surface area contributed by atoms with Gasteiger partial charge in [-0.3, -0.25) is 0 Å². The first-order chi connectivity index (χ1) is 6.20. The maximum absolute atomic E-state index is 5.62. The Balaban J connectivity index is 2.49. The summed E-state index contributed by atoms with van der Waals surface area (Å²) in [5.74, 6) is 0. The van der Waals surface area contributed by atoms with Gasteiger partial charge in [-0.2, -0.15) is 0 Å². The molecule has 0 saturated carbocycles. The average molecular weight is 176 g/mol. The van der Waals surface area contributed by atoms with Gasteiger partial charge in [0, 0.05) is 17.9 Å². The van der Waals surface area contributed by atoms with E-state index in [1.807, 2.05) is 32.0 Å². The van der Waals surface area contributed by atoms with E-state index in [4.69, 9.17) is 5.73 Å². The van der Waals surface area contributed by atoms with E-state index >= 15 is 0 Å². The van der Waals surface area contributed by atoms with Crippen molar-refractivity contribution in [3.8, 4) is 0 Å². The fraction of sp³-hybridized carbons (Fsp3) is 0.273. The van der Waals surface area contributed by atoms with Crippen molar-refractivity contribution in [3.63, 3.8) is 0 Å². The molecule has 0 saturated heterocycles. The third-order valence-electron chi connectivity index (χ3n) is 1.99. The molecule has 1 aromatic rings. The Hall–Kier alpha value is -1.44. The fourth-order valence-electron chi connectivity index (χ4n) is 0.970. The maximum Gasteiger partial charge on any atom is 0.0398 e. The van der Waals surface area contributed by atoms with E-state index in [1.54, 1.807) is 0 Å². The molecule has 0 bridgehead atoms. The van der Waals surface area contributed by atoms with Crippen molar-refractivity contribution in [1.82, 2.24) is 5.32 Å². The summed E-state index contributed by atoms with van der Waals surface area (Å²) in [6.45, 7) is 4.72. The van der Waals surface area contributed by atoms with Crippen LogP contribution in [-0.4, -0.2) is 0 Å². The van der Waals surface area contributed by atoms with Crippen LogP contribution in [0.25, 0.3) is 0 Å². The predicted molar refractivity (Wildman–Crippen MR) is 55.8 cm³/mol. The quantitative estimate of drug-likeness (QED) is 0.739. The lowest BCUT2D eigenvalue weighted by Crippen LogP contribution is -2.14. The van der Waals surface area contributed by atoms with Gasteiger partial charge in [0.1, 0.15) is 0 Å². The van der Waals surface area contributed by atoms with Gasteiger partial charge in [-0.25, -0.2) is 0 Å². The number of hydrogen-bond donors (Lipinski definition) is 2. The van der Waals surface area contributed by atoms with Gasteiger partial charge < -0.3 is 11.1 Å². The third kappa shape index (κ3) is 3.20. The zero-order valence-corrected chi connectivity index (χ0v) is 8.17. The molecule has 0 atom stereocenters. The second kappa shape index (κ2) is 4.55. The molecule has 70 valence electrons. The van der Waals surface area contributed by atoms with E-state index in [9.17, 15) is 0 Å². The lowest BCUT2D eigenvalue weighted by Gasteiger charge is -2.07. The first kappa shape index (κ1) is 9.65. The number of rotatable bonds is 3. The molecule has 0 amide bonds. The van der Waals surface area contributed by atoms with Crippen LogP contribution in [-0.2, 0) is 6.54 Å². The first-order valence-corrected chi connectivity index (χ1v) is 4.41. The molecule has 0 fully saturated rings. The van der Waals surface area contributed by atoms with Gasteiger partial charge in [0.05, 0.1) is 0 Å². The molecule has 0 radical (unpaired) electrons. The fourth-order valence-corrected chi connectivity index (χ4v) is 0.970. The van der Waals surface area contributed by atoms with Crippen molar-refractivity contribution in [1.29, 1.82) is 0 Å². The average Bonchev–Trinajstić information content (AvgIpc) is 2.15. The Labute approximate surface area is 79.5 Å². The Bertz CT molecular complexity index is 284. The van der Waals surface area contributed by atoms with Crippen LogP contribution in [0.2, 0.25) is 0 Å². The van der Waals surface area contributed by atoms with Crippen LogP contribution in [0.1, 0.15) is 19.4 Å². The molecule has 0 aliphatic rings. The van der Waals surface area contributed by atoms with Crippen LogP contribution in [0.3, 0.4) is 0 Å². The number of benzene rings is 1. The summed E-state index contributed by atoms with van der Waals surface area (Å²) in [6, 6.07) is 10.3. The third-order valence-corrected chi connectivity index (χ3v) is 1.99. The Morgan fingerprint density at radius 1 is 1.23 bits per heavy atom. The predicted octanol–water partition coefficient (Wildman–Crippen LogP) is 1.99. The molecule has 0 aliphatic heterocycles. The monoisotopic (exact) mass is 176 g/mol. The molecule has 3 N–H and O–H groups in total. The highest BCUT2D eigenvalue weighted by molar-refractivity contribution is 5.15. The minimum absolute atomic E-state index is 0.835. The van der Waals surface area contributed by atoms with E-state index in [-0.39, 0.29) is 0 Å². The van der Waals surface area contributed by atoms with E-state index in [0.717, 1.165) is 17.9 Å². The summed E-state index contributed by atoms with van der Waals surface area (Å²) in [7, 11) is 0. The number of nitrogens with two attached hydrogens (primary N) is 1. The van der Waals surface area contributed by atoms with E-state index in [1.165, 1.54) is 5.56 Å². The number of nitrogens with one attached hydrogen (secondary N) is 1. The molecule has 1 aromatic carbocycles. The molecule has 0 aliphatic carbocycles. The molecule has 1 rings (SSSR count). The molecule has 13 heavy (non-hydrogen) atoms. The first-order valence-electron chi connectivity index (χ1n) is 4.41. The van der Waals surface area contributed by atoms with Crippen molar-refractivity contribution in [2.75, 3.05) is 0 Å². The smallest absolute Gasteiger partial charge is 0.0398 e. The number of allylic oxidation sites excluding steroid dienone is 2. The maximum atomic E-state index is 5.62. The van der Waals surface area contributed by atoms with Crippen molar-refractivity contribution in [3.05, 3.63) is 47.3 Å². The van der Waals surface area contributed by atoms with Crippen LogP contribution in [0, 0.1) is 0 Å².